The number of carbonyl (C=O) groups is 2. The van der Waals surface area contributed by atoms with Gasteiger partial charge in [0.2, 0.25) is 5.91 Å². The summed E-state index contributed by atoms with van der Waals surface area (Å²) in [6.07, 6.45) is 3.08. The summed E-state index contributed by atoms with van der Waals surface area (Å²) >= 11 is 1.43. The Kier molecular flexibility index (Phi) is 5.62. The van der Waals surface area contributed by atoms with Gasteiger partial charge in [0.25, 0.3) is 5.91 Å². The molecule has 1 fully saturated rings. The van der Waals surface area contributed by atoms with Gasteiger partial charge in [0.1, 0.15) is 10.8 Å². The molecular weight excluding hydrogens is 388 g/mol. The fourth-order valence-electron chi connectivity index (χ4n) is 3.18. The lowest BCUT2D eigenvalue weighted by molar-refractivity contribution is -0.117. The largest absolute Gasteiger partial charge is 0.361 e. The molecule has 0 radical (unpaired) electrons. The summed E-state index contributed by atoms with van der Waals surface area (Å²) in [7, 11) is 0. The molecule has 0 bridgehead atoms. The van der Waals surface area contributed by atoms with Gasteiger partial charge in [0.05, 0.1) is 11.3 Å². The van der Waals surface area contributed by atoms with Gasteiger partial charge < -0.3 is 14.7 Å². The molecule has 1 aliphatic heterocycles. The van der Waals surface area contributed by atoms with Crippen molar-refractivity contribution in [2.24, 2.45) is 0 Å². The molecule has 0 unspecified atom stereocenters. The minimum Gasteiger partial charge on any atom is -0.361 e. The Morgan fingerprint density at radius 1 is 1.28 bits per heavy atom. The number of hydrogen-bond donors (Lipinski definition) is 1. The second-order valence-electron chi connectivity index (χ2n) is 6.73. The minimum atomic E-state index is -0.248. The molecule has 1 aliphatic rings. The molecule has 3 aromatic rings. The van der Waals surface area contributed by atoms with Crippen LogP contribution >= 0.6 is 11.8 Å². The molecule has 1 N–H and O–H groups in total. The van der Waals surface area contributed by atoms with E-state index in [2.05, 4.69) is 15.5 Å². The van der Waals surface area contributed by atoms with Crippen molar-refractivity contribution in [3.8, 4) is 0 Å². The van der Waals surface area contributed by atoms with Crippen LogP contribution in [-0.2, 0) is 10.5 Å². The Morgan fingerprint density at radius 2 is 2.17 bits per heavy atom. The Hall–Kier alpha value is -3.13. The molecule has 3 heterocycles. The maximum atomic E-state index is 12.9. The average Bonchev–Trinajstić information content (AvgIpc) is 3.34. The van der Waals surface area contributed by atoms with Crippen LogP contribution in [0.15, 0.2) is 58.2 Å². The van der Waals surface area contributed by atoms with E-state index in [9.17, 15) is 9.59 Å². The van der Waals surface area contributed by atoms with Gasteiger partial charge in [-0.1, -0.05) is 23.0 Å². The highest BCUT2D eigenvalue weighted by molar-refractivity contribution is 7.98. The minimum absolute atomic E-state index is 0.113. The second-order valence-corrected chi connectivity index (χ2v) is 7.69. The fraction of sp³-hybridized carbons (Fsp3) is 0.238. The van der Waals surface area contributed by atoms with E-state index >= 15 is 0 Å². The summed E-state index contributed by atoms with van der Waals surface area (Å²) in [5.74, 6) is 1.17. The van der Waals surface area contributed by atoms with Crippen molar-refractivity contribution in [2.45, 2.75) is 30.5 Å². The van der Waals surface area contributed by atoms with Gasteiger partial charge in [-0.3, -0.25) is 9.59 Å². The predicted molar refractivity (Wildman–Crippen MR) is 111 cm³/mol. The molecule has 148 valence electrons. The van der Waals surface area contributed by atoms with Crippen molar-refractivity contribution in [1.82, 2.24) is 10.1 Å². The molecule has 1 aromatic carbocycles. The standard InChI is InChI=1S/C21H20N4O3S/c1-14-11-16(24-28-14)13-29-21-18(7-3-9-22-21)20(27)23-15-5-2-6-17(12-15)25-10-4-8-19(25)26/h2-3,5-7,9,11-12H,4,8,10,13H2,1H3,(H,23,27). The summed E-state index contributed by atoms with van der Waals surface area (Å²) < 4.78 is 5.08. The van der Waals surface area contributed by atoms with Crippen LogP contribution in [-0.4, -0.2) is 28.5 Å². The van der Waals surface area contributed by atoms with Crippen LogP contribution in [0, 0.1) is 6.92 Å². The van der Waals surface area contributed by atoms with E-state index in [1.165, 1.54) is 11.8 Å². The number of anilines is 2. The van der Waals surface area contributed by atoms with E-state index in [0.717, 1.165) is 23.6 Å². The Morgan fingerprint density at radius 3 is 2.93 bits per heavy atom. The molecule has 0 atom stereocenters. The number of aromatic nitrogens is 2. The zero-order valence-corrected chi connectivity index (χ0v) is 16.7. The van der Waals surface area contributed by atoms with Gasteiger partial charge in [0.15, 0.2) is 0 Å². The number of nitrogens with one attached hydrogen (secondary N) is 1. The van der Waals surface area contributed by atoms with Crippen molar-refractivity contribution >= 4 is 35.0 Å². The van der Waals surface area contributed by atoms with E-state index in [4.69, 9.17) is 4.52 Å². The number of rotatable bonds is 6. The molecule has 1 saturated heterocycles. The van der Waals surface area contributed by atoms with Crippen LogP contribution in [0.4, 0.5) is 11.4 Å². The summed E-state index contributed by atoms with van der Waals surface area (Å²) in [5.41, 5.74) is 2.72. The molecular formula is C21H20N4O3S. The molecule has 0 aliphatic carbocycles. The molecule has 7 nitrogen and oxygen atoms in total. The van der Waals surface area contributed by atoms with Crippen molar-refractivity contribution in [3.05, 3.63) is 65.7 Å². The van der Waals surface area contributed by atoms with Gasteiger partial charge in [-0.15, -0.1) is 0 Å². The summed E-state index contributed by atoms with van der Waals surface area (Å²) in [5, 5.41) is 7.51. The van der Waals surface area contributed by atoms with Crippen LogP contribution < -0.4 is 10.2 Å². The molecule has 29 heavy (non-hydrogen) atoms. The summed E-state index contributed by atoms with van der Waals surface area (Å²) in [6, 6.07) is 12.7. The number of aryl methyl sites for hydroxylation is 1. The first-order valence-electron chi connectivity index (χ1n) is 9.32. The van der Waals surface area contributed by atoms with Crippen LogP contribution in [0.3, 0.4) is 0 Å². The van der Waals surface area contributed by atoms with E-state index < -0.39 is 0 Å². The van der Waals surface area contributed by atoms with Crippen LogP contribution in [0.5, 0.6) is 0 Å². The van der Waals surface area contributed by atoms with Crippen molar-refractivity contribution in [3.63, 3.8) is 0 Å². The van der Waals surface area contributed by atoms with E-state index in [1.807, 2.05) is 37.3 Å². The molecule has 2 amide bonds. The third kappa shape index (κ3) is 4.48. The van der Waals surface area contributed by atoms with Crippen LogP contribution in [0.1, 0.15) is 34.7 Å². The normalized spacial score (nSPS) is 13.7. The maximum Gasteiger partial charge on any atom is 0.258 e. The molecule has 8 heteroatoms. The molecule has 4 rings (SSSR count). The second kappa shape index (κ2) is 8.48. The first-order chi connectivity index (χ1) is 14.1. The van der Waals surface area contributed by atoms with Gasteiger partial charge in [-0.05, 0) is 43.7 Å². The smallest absolute Gasteiger partial charge is 0.258 e. The van der Waals surface area contributed by atoms with Gasteiger partial charge in [-0.25, -0.2) is 4.98 Å². The predicted octanol–water partition coefficient (Wildman–Crippen LogP) is 4.05. The number of thioether (sulfide) groups is 1. The first-order valence-corrected chi connectivity index (χ1v) is 10.3. The number of benzene rings is 1. The Balaban J connectivity index is 1.48. The van der Waals surface area contributed by atoms with Gasteiger partial charge in [-0.2, -0.15) is 0 Å². The number of nitrogens with zero attached hydrogens (tertiary/aromatic N) is 3. The number of pyridine rings is 1. The highest BCUT2D eigenvalue weighted by Crippen LogP contribution is 2.27. The lowest BCUT2D eigenvalue weighted by Gasteiger charge is -2.17. The molecule has 0 saturated carbocycles. The summed E-state index contributed by atoms with van der Waals surface area (Å²) in [6.45, 7) is 2.55. The topological polar surface area (TPSA) is 88.3 Å². The van der Waals surface area contributed by atoms with Gasteiger partial charge >= 0.3 is 0 Å². The van der Waals surface area contributed by atoms with Crippen LogP contribution in [0.25, 0.3) is 0 Å². The quantitative estimate of drug-likeness (QED) is 0.619. The molecule has 0 spiro atoms. The zero-order valence-electron chi connectivity index (χ0n) is 15.9. The monoisotopic (exact) mass is 408 g/mol. The van der Waals surface area contributed by atoms with Crippen molar-refractivity contribution in [2.75, 3.05) is 16.8 Å². The average molecular weight is 408 g/mol. The van der Waals surface area contributed by atoms with Crippen LogP contribution in [0.2, 0.25) is 0 Å². The maximum absolute atomic E-state index is 12.9. The van der Waals surface area contributed by atoms with E-state index in [0.29, 0.717) is 35.0 Å². The van der Waals surface area contributed by atoms with Crippen molar-refractivity contribution < 1.29 is 14.1 Å². The first kappa shape index (κ1) is 19.2. The summed E-state index contributed by atoms with van der Waals surface area (Å²) in [4.78, 5) is 30.9. The number of hydrogen-bond acceptors (Lipinski definition) is 6. The Labute approximate surface area is 172 Å². The Bertz CT molecular complexity index is 1050. The fourth-order valence-corrected chi connectivity index (χ4v) is 4.05. The van der Waals surface area contributed by atoms with Crippen molar-refractivity contribution in [1.29, 1.82) is 0 Å². The third-order valence-electron chi connectivity index (χ3n) is 4.54. The highest BCUT2D eigenvalue weighted by atomic mass is 32.2. The zero-order chi connectivity index (χ0) is 20.2. The van der Waals surface area contributed by atoms with E-state index in [1.54, 1.807) is 23.2 Å². The lowest BCUT2D eigenvalue weighted by Crippen LogP contribution is -2.23. The third-order valence-corrected chi connectivity index (χ3v) is 5.58. The van der Waals surface area contributed by atoms with Gasteiger partial charge in [0, 0.05) is 42.4 Å². The SMILES string of the molecule is Cc1cc(CSc2ncccc2C(=O)Nc2cccc(N3CCCC3=O)c2)no1. The number of carbonyl (C=O) groups excluding carboxylic acids is 2. The lowest BCUT2D eigenvalue weighted by atomic mass is 10.2. The molecule has 2 aromatic heterocycles. The number of amides is 2. The highest BCUT2D eigenvalue weighted by Gasteiger charge is 2.22. The van der Waals surface area contributed by atoms with E-state index in [-0.39, 0.29) is 11.8 Å².